The van der Waals surface area contributed by atoms with Gasteiger partial charge in [-0.3, -0.25) is 14.4 Å². The highest BCUT2D eigenvalue weighted by Gasteiger charge is 2.17. The van der Waals surface area contributed by atoms with Crippen molar-refractivity contribution < 1.29 is 19.1 Å². The SMILES string of the molecule is CC(=O)N[C@@H](C)C(=O)COC(=O)[C@H](C)N. The van der Waals surface area contributed by atoms with E-state index >= 15 is 0 Å². The highest BCUT2D eigenvalue weighted by molar-refractivity contribution is 5.90. The summed E-state index contributed by atoms with van der Waals surface area (Å²) in [6, 6.07) is -1.42. The second kappa shape index (κ2) is 6.13. The first-order valence-corrected chi connectivity index (χ1v) is 4.56. The highest BCUT2D eigenvalue weighted by atomic mass is 16.5. The third-order valence-corrected chi connectivity index (χ3v) is 1.63. The Morgan fingerprint density at radius 1 is 1.33 bits per heavy atom. The number of Topliss-reactive ketones (excluding diaryl/α,β-unsaturated/α-hetero) is 1. The maximum Gasteiger partial charge on any atom is 0.323 e. The van der Waals surface area contributed by atoms with Gasteiger partial charge < -0.3 is 15.8 Å². The Kier molecular flexibility index (Phi) is 5.54. The van der Waals surface area contributed by atoms with E-state index in [1.807, 2.05) is 0 Å². The number of amides is 1. The third kappa shape index (κ3) is 5.79. The minimum atomic E-state index is -0.756. The number of hydrogen-bond acceptors (Lipinski definition) is 5. The molecule has 0 aromatic rings. The van der Waals surface area contributed by atoms with Gasteiger partial charge in [0, 0.05) is 6.92 Å². The molecule has 0 saturated carbocycles. The molecule has 3 N–H and O–H groups in total. The summed E-state index contributed by atoms with van der Waals surface area (Å²) in [5.74, 6) is -1.33. The molecule has 0 aliphatic carbocycles. The van der Waals surface area contributed by atoms with Crippen LogP contribution in [-0.4, -0.2) is 36.4 Å². The van der Waals surface area contributed by atoms with Gasteiger partial charge in [-0.05, 0) is 13.8 Å². The molecule has 0 unspecified atom stereocenters. The van der Waals surface area contributed by atoms with Crippen molar-refractivity contribution in [2.45, 2.75) is 32.9 Å². The van der Waals surface area contributed by atoms with Crippen LogP contribution in [0.25, 0.3) is 0 Å². The third-order valence-electron chi connectivity index (χ3n) is 1.63. The van der Waals surface area contributed by atoms with Crippen LogP contribution in [0.15, 0.2) is 0 Å². The fourth-order valence-corrected chi connectivity index (χ4v) is 0.784. The lowest BCUT2D eigenvalue weighted by molar-refractivity contribution is -0.149. The van der Waals surface area contributed by atoms with Crippen LogP contribution in [0.5, 0.6) is 0 Å². The normalized spacial score (nSPS) is 13.9. The summed E-state index contributed by atoms with van der Waals surface area (Å²) in [5, 5.41) is 2.38. The Labute approximate surface area is 88.1 Å². The predicted molar refractivity (Wildman–Crippen MR) is 52.9 cm³/mol. The van der Waals surface area contributed by atoms with Gasteiger partial charge in [0.1, 0.15) is 6.04 Å². The summed E-state index contributed by atoms with van der Waals surface area (Å²) in [7, 11) is 0. The van der Waals surface area contributed by atoms with E-state index in [-0.39, 0.29) is 18.3 Å². The highest BCUT2D eigenvalue weighted by Crippen LogP contribution is 1.90. The van der Waals surface area contributed by atoms with E-state index in [1.165, 1.54) is 20.8 Å². The van der Waals surface area contributed by atoms with Gasteiger partial charge in [-0.15, -0.1) is 0 Å². The molecule has 0 aliphatic rings. The van der Waals surface area contributed by atoms with Crippen LogP contribution in [0.2, 0.25) is 0 Å². The van der Waals surface area contributed by atoms with Crippen LogP contribution in [-0.2, 0) is 19.1 Å². The average Bonchev–Trinajstić information content (AvgIpc) is 2.12. The molecule has 0 aromatic heterocycles. The zero-order valence-electron chi connectivity index (χ0n) is 9.07. The average molecular weight is 216 g/mol. The van der Waals surface area contributed by atoms with Crippen LogP contribution in [0.3, 0.4) is 0 Å². The molecular formula is C9H16N2O4. The van der Waals surface area contributed by atoms with Gasteiger partial charge in [0.25, 0.3) is 0 Å². The predicted octanol–water partition coefficient (Wildman–Crippen LogP) is -1.03. The summed E-state index contributed by atoms with van der Waals surface area (Å²) in [5.41, 5.74) is 5.22. The first-order chi connectivity index (χ1) is 6.84. The van der Waals surface area contributed by atoms with E-state index in [2.05, 4.69) is 10.1 Å². The smallest absolute Gasteiger partial charge is 0.323 e. The molecule has 2 atom stereocenters. The summed E-state index contributed by atoms with van der Waals surface area (Å²) >= 11 is 0. The zero-order valence-corrected chi connectivity index (χ0v) is 9.07. The molecule has 0 heterocycles. The molecule has 0 radical (unpaired) electrons. The number of hydrogen-bond donors (Lipinski definition) is 2. The summed E-state index contributed by atoms with van der Waals surface area (Å²) < 4.78 is 4.60. The monoisotopic (exact) mass is 216 g/mol. The molecule has 86 valence electrons. The number of carbonyl (C=O) groups excluding carboxylic acids is 3. The summed E-state index contributed by atoms with van der Waals surface area (Å²) in [6.45, 7) is 3.91. The van der Waals surface area contributed by atoms with Crippen molar-refractivity contribution >= 4 is 17.7 Å². The standard InChI is InChI=1S/C9H16N2O4/c1-5(10)9(14)15-4-8(13)6(2)11-7(3)12/h5-6H,4,10H2,1-3H3,(H,11,12)/t5-,6-/m0/s1. The van der Waals surface area contributed by atoms with E-state index in [0.29, 0.717) is 0 Å². The lowest BCUT2D eigenvalue weighted by Gasteiger charge is -2.12. The van der Waals surface area contributed by atoms with Gasteiger partial charge in [-0.1, -0.05) is 0 Å². The van der Waals surface area contributed by atoms with Crippen LogP contribution in [0.1, 0.15) is 20.8 Å². The first kappa shape index (κ1) is 13.6. The zero-order chi connectivity index (χ0) is 12.0. The van der Waals surface area contributed by atoms with Crippen LogP contribution in [0, 0.1) is 0 Å². The van der Waals surface area contributed by atoms with Crippen molar-refractivity contribution in [1.82, 2.24) is 5.32 Å². The Balaban J connectivity index is 3.93. The van der Waals surface area contributed by atoms with E-state index in [1.54, 1.807) is 0 Å². The number of ketones is 1. The van der Waals surface area contributed by atoms with Crippen molar-refractivity contribution in [3.63, 3.8) is 0 Å². The largest absolute Gasteiger partial charge is 0.456 e. The lowest BCUT2D eigenvalue weighted by atomic mass is 10.2. The molecule has 0 aliphatic heterocycles. The van der Waals surface area contributed by atoms with Crippen LogP contribution >= 0.6 is 0 Å². The van der Waals surface area contributed by atoms with E-state index in [4.69, 9.17) is 5.73 Å². The quantitative estimate of drug-likeness (QED) is 0.572. The number of nitrogens with one attached hydrogen (secondary N) is 1. The molecule has 0 aromatic carbocycles. The second-order valence-electron chi connectivity index (χ2n) is 3.28. The Hall–Kier alpha value is -1.43. The minimum Gasteiger partial charge on any atom is -0.456 e. The molecule has 6 heteroatoms. The molecule has 0 spiro atoms. The maximum absolute atomic E-state index is 11.3. The van der Waals surface area contributed by atoms with Crippen molar-refractivity contribution in [2.24, 2.45) is 5.73 Å². The fraction of sp³-hybridized carbons (Fsp3) is 0.667. The number of esters is 1. The molecule has 15 heavy (non-hydrogen) atoms. The second-order valence-corrected chi connectivity index (χ2v) is 3.28. The number of nitrogens with two attached hydrogens (primary N) is 1. The molecule has 0 fully saturated rings. The number of ether oxygens (including phenoxy) is 1. The fourth-order valence-electron chi connectivity index (χ4n) is 0.784. The van der Waals surface area contributed by atoms with Gasteiger partial charge in [0.05, 0.1) is 6.04 Å². The molecule has 0 saturated heterocycles. The molecule has 0 bridgehead atoms. The van der Waals surface area contributed by atoms with Gasteiger partial charge >= 0.3 is 5.97 Å². The van der Waals surface area contributed by atoms with Crippen molar-refractivity contribution in [1.29, 1.82) is 0 Å². The van der Waals surface area contributed by atoms with Gasteiger partial charge in [0.15, 0.2) is 12.4 Å². The van der Waals surface area contributed by atoms with Crippen molar-refractivity contribution in [2.75, 3.05) is 6.61 Å². The first-order valence-electron chi connectivity index (χ1n) is 4.56. The molecular weight excluding hydrogens is 200 g/mol. The van der Waals surface area contributed by atoms with Crippen molar-refractivity contribution in [3.05, 3.63) is 0 Å². The number of carbonyl (C=O) groups is 3. The Morgan fingerprint density at radius 2 is 1.87 bits per heavy atom. The van der Waals surface area contributed by atoms with Gasteiger partial charge in [-0.2, -0.15) is 0 Å². The van der Waals surface area contributed by atoms with Gasteiger partial charge in [0.2, 0.25) is 5.91 Å². The maximum atomic E-state index is 11.3. The van der Waals surface area contributed by atoms with Crippen LogP contribution in [0.4, 0.5) is 0 Å². The van der Waals surface area contributed by atoms with Crippen molar-refractivity contribution in [3.8, 4) is 0 Å². The number of rotatable bonds is 5. The van der Waals surface area contributed by atoms with Gasteiger partial charge in [-0.25, -0.2) is 0 Å². The lowest BCUT2D eigenvalue weighted by Crippen LogP contribution is -2.40. The molecule has 6 nitrogen and oxygen atoms in total. The van der Waals surface area contributed by atoms with E-state index < -0.39 is 18.1 Å². The summed E-state index contributed by atoms with van der Waals surface area (Å²) in [4.78, 5) is 32.8. The van der Waals surface area contributed by atoms with E-state index in [9.17, 15) is 14.4 Å². The molecule has 1 amide bonds. The minimum absolute atomic E-state index is 0.311. The molecule has 0 rings (SSSR count). The van der Waals surface area contributed by atoms with E-state index in [0.717, 1.165) is 0 Å². The summed E-state index contributed by atoms with van der Waals surface area (Å²) in [6.07, 6.45) is 0. The van der Waals surface area contributed by atoms with Crippen LogP contribution < -0.4 is 11.1 Å². The Morgan fingerprint density at radius 3 is 2.27 bits per heavy atom. The Bertz CT molecular complexity index is 263. The topological polar surface area (TPSA) is 98.5 Å².